The summed E-state index contributed by atoms with van der Waals surface area (Å²) in [5, 5.41) is 0. The summed E-state index contributed by atoms with van der Waals surface area (Å²) >= 11 is 0. The minimum absolute atomic E-state index is 0.0850. The zero-order chi connectivity index (χ0) is 15.2. The van der Waals surface area contributed by atoms with E-state index in [0.29, 0.717) is 18.4 Å². The lowest BCUT2D eigenvalue weighted by Crippen LogP contribution is -2.37. The predicted molar refractivity (Wildman–Crippen MR) is 73.7 cm³/mol. The molecule has 0 aliphatic carbocycles. The van der Waals surface area contributed by atoms with Gasteiger partial charge in [-0.2, -0.15) is 0 Å². The summed E-state index contributed by atoms with van der Waals surface area (Å²) in [4.78, 5) is 24.6. The Balaban J connectivity index is 0.00000154. The molecule has 0 saturated heterocycles. The summed E-state index contributed by atoms with van der Waals surface area (Å²) in [6.07, 6.45) is -0.137. The fourth-order valence-electron chi connectivity index (χ4n) is 1.47. The van der Waals surface area contributed by atoms with Crippen LogP contribution in [0.2, 0.25) is 0 Å². The Morgan fingerprint density at radius 3 is 2.21 bits per heavy atom. The Labute approximate surface area is 116 Å². The first-order valence-corrected chi connectivity index (χ1v) is 6.33. The Morgan fingerprint density at radius 1 is 1.26 bits per heavy atom. The Bertz CT molecular complexity index is 371. The van der Waals surface area contributed by atoms with Gasteiger partial charge in [0, 0.05) is 6.54 Å². The SMILES string of the molecule is CC.[B]C1=C(C(=O)OC)N(C(=O)OC(C)(C)C)CC1. The molecule has 0 spiro atoms. The van der Waals surface area contributed by atoms with Crippen molar-refractivity contribution in [2.24, 2.45) is 0 Å². The molecule has 0 atom stereocenters. The molecule has 0 aromatic carbocycles. The van der Waals surface area contributed by atoms with E-state index in [9.17, 15) is 9.59 Å². The average molecular weight is 267 g/mol. The van der Waals surface area contributed by atoms with Crippen molar-refractivity contribution in [1.29, 1.82) is 0 Å². The number of carbonyl (C=O) groups excluding carboxylic acids is 2. The van der Waals surface area contributed by atoms with Gasteiger partial charge >= 0.3 is 12.1 Å². The largest absolute Gasteiger partial charge is 0.464 e. The number of esters is 1. The Kier molecular flexibility index (Phi) is 6.66. The predicted octanol–water partition coefficient (Wildman–Crippen LogP) is 2.21. The molecular formula is C13H22BNO4. The van der Waals surface area contributed by atoms with Crippen LogP contribution in [0, 0.1) is 0 Å². The highest BCUT2D eigenvalue weighted by Crippen LogP contribution is 2.24. The lowest BCUT2D eigenvalue weighted by atomic mass is 9.93. The maximum atomic E-state index is 11.8. The highest BCUT2D eigenvalue weighted by molar-refractivity contribution is 6.25. The van der Waals surface area contributed by atoms with E-state index in [4.69, 9.17) is 12.6 Å². The van der Waals surface area contributed by atoms with E-state index >= 15 is 0 Å². The third kappa shape index (κ3) is 4.97. The molecule has 106 valence electrons. The monoisotopic (exact) mass is 267 g/mol. The molecule has 0 bridgehead atoms. The second-order valence-corrected chi connectivity index (χ2v) is 4.75. The maximum Gasteiger partial charge on any atom is 0.415 e. The number of nitrogens with zero attached hydrogens (tertiary/aromatic N) is 1. The van der Waals surface area contributed by atoms with Crippen LogP contribution in [-0.4, -0.2) is 44.1 Å². The number of carbonyl (C=O) groups is 2. The van der Waals surface area contributed by atoms with Crippen LogP contribution in [0.25, 0.3) is 0 Å². The quantitative estimate of drug-likeness (QED) is 0.540. The van der Waals surface area contributed by atoms with E-state index in [1.165, 1.54) is 12.0 Å². The fraction of sp³-hybridized carbons (Fsp3) is 0.692. The van der Waals surface area contributed by atoms with Gasteiger partial charge in [-0.05, 0) is 27.2 Å². The van der Waals surface area contributed by atoms with Gasteiger partial charge in [0.1, 0.15) is 19.1 Å². The maximum absolute atomic E-state index is 11.8. The molecule has 0 unspecified atom stereocenters. The molecule has 19 heavy (non-hydrogen) atoms. The third-order valence-electron chi connectivity index (χ3n) is 2.17. The zero-order valence-electron chi connectivity index (χ0n) is 12.6. The second-order valence-electron chi connectivity index (χ2n) is 4.75. The van der Waals surface area contributed by atoms with Crippen molar-refractivity contribution in [2.75, 3.05) is 13.7 Å². The molecule has 1 heterocycles. The second kappa shape index (κ2) is 7.21. The van der Waals surface area contributed by atoms with Crippen LogP contribution >= 0.6 is 0 Å². The van der Waals surface area contributed by atoms with Crippen molar-refractivity contribution in [2.45, 2.75) is 46.6 Å². The first kappa shape index (κ1) is 17.5. The summed E-state index contributed by atoms with van der Waals surface area (Å²) in [5.41, 5.74) is -0.181. The van der Waals surface area contributed by atoms with Crippen LogP contribution in [0.15, 0.2) is 11.2 Å². The molecule has 1 rings (SSSR count). The van der Waals surface area contributed by atoms with Gasteiger partial charge in [0.15, 0.2) is 0 Å². The molecule has 1 aliphatic rings. The molecule has 0 fully saturated rings. The van der Waals surface area contributed by atoms with Gasteiger partial charge in [0.2, 0.25) is 0 Å². The number of ether oxygens (including phenoxy) is 2. The van der Waals surface area contributed by atoms with E-state index in [1.54, 1.807) is 20.8 Å². The van der Waals surface area contributed by atoms with Crippen LogP contribution in [0.3, 0.4) is 0 Å². The van der Waals surface area contributed by atoms with Crippen molar-refractivity contribution in [3.05, 3.63) is 11.2 Å². The molecular weight excluding hydrogens is 245 g/mol. The smallest absolute Gasteiger partial charge is 0.415 e. The number of rotatable bonds is 1. The average Bonchev–Trinajstić information content (AvgIpc) is 2.71. The molecule has 2 radical (unpaired) electrons. The summed E-state index contributed by atoms with van der Waals surface area (Å²) in [6.45, 7) is 9.61. The van der Waals surface area contributed by atoms with Crippen LogP contribution < -0.4 is 0 Å². The molecule has 6 heteroatoms. The van der Waals surface area contributed by atoms with Crippen LogP contribution in [0.4, 0.5) is 4.79 Å². The van der Waals surface area contributed by atoms with Crippen molar-refractivity contribution in [3.63, 3.8) is 0 Å². The molecule has 1 aliphatic heterocycles. The van der Waals surface area contributed by atoms with Gasteiger partial charge in [0.05, 0.1) is 7.11 Å². The van der Waals surface area contributed by atoms with E-state index < -0.39 is 17.7 Å². The van der Waals surface area contributed by atoms with Crippen LogP contribution in [0.5, 0.6) is 0 Å². The standard InChI is InChI=1S/C11H16BNO4.C2H6/c1-11(2,3)17-10(15)13-6-5-7(12)8(13)9(14)16-4;1-2/h5-6H2,1-4H3;1-2H3. The van der Waals surface area contributed by atoms with Gasteiger partial charge in [-0.1, -0.05) is 19.3 Å². The zero-order valence-corrected chi connectivity index (χ0v) is 12.6. The fourth-order valence-corrected chi connectivity index (χ4v) is 1.47. The van der Waals surface area contributed by atoms with E-state index in [0.717, 1.165) is 0 Å². The van der Waals surface area contributed by atoms with Gasteiger partial charge in [-0.3, -0.25) is 4.90 Å². The van der Waals surface area contributed by atoms with E-state index in [1.807, 2.05) is 13.8 Å². The molecule has 1 amide bonds. The number of amides is 1. The molecule has 0 saturated carbocycles. The van der Waals surface area contributed by atoms with Gasteiger partial charge in [-0.25, -0.2) is 9.59 Å². The summed E-state index contributed by atoms with van der Waals surface area (Å²) in [6, 6.07) is 0. The van der Waals surface area contributed by atoms with Crippen LogP contribution in [-0.2, 0) is 14.3 Å². The Hall–Kier alpha value is -1.46. The summed E-state index contributed by atoms with van der Waals surface area (Å²) < 4.78 is 9.77. The lowest BCUT2D eigenvalue weighted by Gasteiger charge is -2.25. The topological polar surface area (TPSA) is 55.8 Å². The number of hydrogen-bond donors (Lipinski definition) is 0. The summed E-state index contributed by atoms with van der Waals surface area (Å²) in [5.74, 6) is -0.620. The normalized spacial score (nSPS) is 14.7. The highest BCUT2D eigenvalue weighted by Gasteiger charge is 2.33. The van der Waals surface area contributed by atoms with Gasteiger partial charge in [-0.15, -0.1) is 0 Å². The molecule has 0 N–H and O–H groups in total. The van der Waals surface area contributed by atoms with Crippen molar-refractivity contribution in [3.8, 4) is 0 Å². The minimum Gasteiger partial charge on any atom is -0.464 e. The highest BCUT2D eigenvalue weighted by atomic mass is 16.6. The molecule has 5 nitrogen and oxygen atoms in total. The molecule has 0 aromatic rings. The van der Waals surface area contributed by atoms with Crippen molar-refractivity contribution < 1.29 is 19.1 Å². The van der Waals surface area contributed by atoms with E-state index in [2.05, 4.69) is 4.74 Å². The first-order valence-electron chi connectivity index (χ1n) is 6.33. The summed E-state index contributed by atoms with van der Waals surface area (Å²) in [7, 11) is 6.92. The minimum atomic E-state index is -0.620. The molecule has 0 aromatic heterocycles. The van der Waals surface area contributed by atoms with E-state index in [-0.39, 0.29) is 5.70 Å². The van der Waals surface area contributed by atoms with Gasteiger partial charge < -0.3 is 9.47 Å². The van der Waals surface area contributed by atoms with Gasteiger partial charge in [0.25, 0.3) is 0 Å². The third-order valence-corrected chi connectivity index (χ3v) is 2.17. The van der Waals surface area contributed by atoms with Crippen molar-refractivity contribution in [1.82, 2.24) is 4.90 Å². The Morgan fingerprint density at radius 2 is 1.79 bits per heavy atom. The number of methoxy groups -OCH3 is 1. The lowest BCUT2D eigenvalue weighted by molar-refractivity contribution is -0.137. The first-order chi connectivity index (χ1) is 8.76. The number of hydrogen-bond acceptors (Lipinski definition) is 4. The van der Waals surface area contributed by atoms with Crippen LogP contribution in [0.1, 0.15) is 41.0 Å². The van der Waals surface area contributed by atoms with Crippen molar-refractivity contribution >= 4 is 19.9 Å².